The molecular weight excluding hydrogens is 377 g/mol. The molecule has 2 aromatic carbocycles. The van der Waals surface area contributed by atoms with Crippen LogP contribution in [-0.4, -0.2) is 32.2 Å². The van der Waals surface area contributed by atoms with Crippen molar-refractivity contribution < 1.29 is 30.3 Å². The summed E-state index contributed by atoms with van der Waals surface area (Å²) in [6.07, 6.45) is 2.14. The van der Waals surface area contributed by atoms with Gasteiger partial charge in [-0.15, -0.1) is 0 Å². The van der Waals surface area contributed by atoms with Crippen molar-refractivity contribution in [2.24, 2.45) is 5.10 Å². The fourth-order valence-corrected chi connectivity index (χ4v) is 3.29. The molecular formula is C13H10FN3O6S2. The Labute approximate surface area is 141 Å². The molecule has 0 atom stereocenters. The van der Waals surface area contributed by atoms with Crippen LogP contribution in [0.1, 0.15) is 0 Å². The Kier molecular flexibility index (Phi) is 3.99. The van der Waals surface area contributed by atoms with Crippen molar-refractivity contribution in [1.29, 1.82) is 0 Å². The number of benzene rings is 2. The van der Waals surface area contributed by atoms with E-state index in [2.05, 4.69) is 10.5 Å². The van der Waals surface area contributed by atoms with Gasteiger partial charge in [0.05, 0.1) is 21.7 Å². The summed E-state index contributed by atoms with van der Waals surface area (Å²) in [7, 11) is -9.17. The lowest BCUT2D eigenvalue weighted by molar-refractivity contribution is 0.481. The Morgan fingerprint density at radius 2 is 1.64 bits per heavy atom. The molecule has 2 aromatic rings. The van der Waals surface area contributed by atoms with Crippen molar-refractivity contribution in [3.63, 3.8) is 0 Å². The third-order valence-corrected chi connectivity index (χ3v) is 5.00. The van der Waals surface area contributed by atoms with Gasteiger partial charge in [0, 0.05) is 11.5 Å². The fraction of sp³-hybridized carbons (Fsp3) is 0. The molecule has 0 radical (unpaired) electrons. The van der Waals surface area contributed by atoms with Crippen LogP contribution < -0.4 is 10.5 Å². The molecule has 3 rings (SSSR count). The monoisotopic (exact) mass is 387 g/mol. The largest absolute Gasteiger partial charge is 0.294 e. The molecule has 0 aromatic heterocycles. The van der Waals surface area contributed by atoms with Crippen LogP contribution in [0.25, 0.3) is 10.8 Å². The molecule has 0 saturated heterocycles. The molecule has 0 bridgehead atoms. The van der Waals surface area contributed by atoms with Crippen LogP contribution in [0.4, 0.5) is 10.1 Å². The second-order valence-corrected chi connectivity index (χ2v) is 7.82. The van der Waals surface area contributed by atoms with E-state index in [0.717, 1.165) is 41.7 Å². The summed E-state index contributed by atoms with van der Waals surface area (Å²) in [5.41, 5.74) is 2.27. The summed E-state index contributed by atoms with van der Waals surface area (Å²) in [4.78, 5) is -1.03. The van der Waals surface area contributed by atoms with E-state index in [9.17, 15) is 25.8 Å². The van der Waals surface area contributed by atoms with Gasteiger partial charge in [-0.3, -0.25) is 14.5 Å². The van der Waals surface area contributed by atoms with E-state index in [1.165, 1.54) is 6.07 Å². The number of nitrogens with one attached hydrogen (secondary N) is 1. The van der Waals surface area contributed by atoms with Gasteiger partial charge in [0.25, 0.3) is 20.2 Å². The number of hydrazone groups is 1. The minimum atomic E-state index is -4.64. The van der Waals surface area contributed by atoms with E-state index in [4.69, 9.17) is 4.55 Å². The highest BCUT2D eigenvalue weighted by Crippen LogP contribution is 2.32. The van der Waals surface area contributed by atoms with Crippen LogP contribution in [0.3, 0.4) is 0 Å². The van der Waals surface area contributed by atoms with E-state index >= 15 is 0 Å². The maximum atomic E-state index is 13.4. The van der Waals surface area contributed by atoms with Crippen LogP contribution in [-0.2, 0) is 20.2 Å². The summed E-state index contributed by atoms with van der Waals surface area (Å²) in [5, 5.41) is 5.10. The SMILES string of the molecule is O=S(=O)(O)c1ccc2c(N3N=CC=C(F)N3)cc(S(=O)(=O)O)cc2c1. The van der Waals surface area contributed by atoms with Crippen LogP contribution in [0.15, 0.2) is 57.3 Å². The Morgan fingerprint density at radius 1 is 1.00 bits per heavy atom. The highest BCUT2D eigenvalue weighted by atomic mass is 32.2. The van der Waals surface area contributed by atoms with Crippen LogP contribution in [0.2, 0.25) is 0 Å². The Morgan fingerprint density at radius 3 is 2.24 bits per heavy atom. The smallest absolute Gasteiger partial charge is 0.282 e. The van der Waals surface area contributed by atoms with Gasteiger partial charge in [-0.2, -0.15) is 31.4 Å². The molecule has 3 N–H and O–H groups in total. The van der Waals surface area contributed by atoms with Gasteiger partial charge in [-0.25, -0.2) is 0 Å². The number of hydrazine groups is 1. The molecule has 132 valence electrons. The van der Waals surface area contributed by atoms with Crippen molar-refractivity contribution >= 4 is 42.9 Å². The van der Waals surface area contributed by atoms with Crippen molar-refractivity contribution in [3.05, 3.63) is 42.4 Å². The number of halogens is 1. The van der Waals surface area contributed by atoms with Gasteiger partial charge in [0.1, 0.15) is 0 Å². The predicted octanol–water partition coefficient (Wildman–Crippen LogP) is 1.45. The average Bonchev–Trinajstić information content (AvgIpc) is 2.51. The van der Waals surface area contributed by atoms with Crippen molar-refractivity contribution in [1.82, 2.24) is 5.43 Å². The topological polar surface area (TPSA) is 136 Å². The van der Waals surface area contributed by atoms with Gasteiger partial charge in [-0.05, 0) is 29.7 Å². The number of fused-ring (bicyclic) bond motifs is 1. The average molecular weight is 387 g/mol. The lowest BCUT2D eigenvalue weighted by atomic mass is 10.1. The number of hydrogen-bond donors (Lipinski definition) is 3. The molecule has 1 aliphatic heterocycles. The highest BCUT2D eigenvalue weighted by molar-refractivity contribution is 7.86. The van der Waals surface area contributed by atoms with Crippen LogP contribution in [0.5, 0.6) is 0 Å². The highest BCUT2D eigenvalue weighted by Gasteiger charge is 2.20. The third-order valence-electron chi connectivity index (χ3n) is 3.32. The molecule has 0 fully saturated rings. The second kappa shape index (κ2) is 5.77. The van der Waals surface area contributed by atoms with Gasteiger partial charge >= 0.3 is 0 Å². The molecule has 25 heavy (non-hydrogen) atoms. The maximum absolute atomic E-state index is 13.4. The van der Waals surface area contributed by atoms with Crippen molar-refractivity contribution in [2.75, 3.05) is 5.12 Å². The van der Waals surface area contributed by atoms with Crippen LogP contribution in [0, 0.1) is 0 Å². The maximum Gasteiger partial charge on any atom is 0.294 e. The molecule has 9 nitrogen and oxygen atoms in total. The number of anilines is 1. The van der Waals surface area contributed by atoms with Gasteiger partial charge in [0.2, 0.25) is 5.95 Å². The Balaban J connectivity index is 2.31. The fourth-order valence-electron chi connectivity index (χ4n) is 2.24. The Hall–Kier alpha value is -2.54. The van der Waals surface area contributed by atoms with E-state index in [1.54, 1.807) is 0 Å². The van der Waals surface area contributed by atoms with E-state index in [0.29, 0.717) is 5.39 Å². The summed E-state index contributed by atoms with van der Waals surface area (Å²) >= 11 is 0. The quantitative estimate of drug-likeness (QED) is 0.532. The Bertz CT molecular complexity index is 1140. The van der Waals surface area contributed by atoms with Crippen LogP contribution >= 0.6 is 0 Å². The predicted molar refractivity (Wildman–Crippen MR) is 86.9 cm³/mol. The first-order valence-corrected chi connectivity index (χ1v) is 9.43. The van der Waals surface area contributed by atoms with Gasteiger partial charge < -0.3 is 0 Å². The summed E-state index contributed by atoms with van der Waals surface area (Å²) in [6.45, 7) is 0. The zero-order valence-electron chi connectivity index (χ0n) is 12.2. The first-order valence-electron chi connectivity index (χ1n) is 6.55. The number of hydrogen-bond acceptors (Lipinski definition) is 7. The molecule has 0 unspecified atom stereocenters. The minimum Gasteiger partial charge on any atom is -0.282 e. The number of nitrogens with zero attached hydrogens (tertiary/aromatic N) is 2. The van der Waals surface area contributed by atoms with Crippen molar-refractivity contribution in [3.8, 4) is 0 Å². The third kappa shape index (κ3) is 3.46. The lowest BCUT2D eigenvalue weighted by Gasteiger charge is -2.23. The molecule has 0 aliphatic carbocycles. The normalized spacial score (nSPS) is 15.2. The second-order valence-electron chi connectivity index (χ2n) is 4.98. The van der Waals surface area contributed by atoms with Gasteiger partial charge in [0.15, 0.2) is 0 Å². The summed E-state index contributed by atoms with van der Waals surface area (Å²) in [6, 6.07) is 5.45. The summed E-state index contributed by atoms with van der Waals surface area (Å²) in [5.74, 6) is -0.769. The molecule has 12 heteroatoms. The number of allylic oxidation sites excluding steroid dienone is 1. The first-order chi connectivity index (χ1) is 11.6. The lowest BCUT2D eigenvalue weighted by Crippen LogP contribution is -2.34. The van der Waals surface area contributed by atoms with E-state index < -0.39 is 36.0 Å². The molecule has 0 spiro atoms. The molecule has 0 amide bonds. The zero-order valence-corrected chi connectivity index (χ0v) is 13.8. The van der Waals surface area contributed by atoms with Gasteiger partial charge in [-0.1, -0.05) is 6.07 Å². The van der Waals surface area contributed by atoms with E-state index in [1.807, 2.05) is 0 Å². The zero-order chi connectivity index (χ0) is 18.4. The van der Waals surface area contributed by atoms with E-state index in [-0.39, 0.29) is 11.1 Å². The minimum absolute atomic E-state index is 0.0338. The summed E-state index contributed by atoms with van der Waals surface area (Å²) < 4.78 is 77.3. The molecule has 0 saturated carbocycles. The molecule has 1 aliphatic rings. The standard InChI is InChI=1S/C13H10FN3O6S2/c14-13-3-4-15-17(16-13)12-7-10(25(21,22)23)6-8-5-9(24(18,19)20)1-2-11(8)12/h1-7,16H,(H,18,19,20)(H,21,22,23). The number of rotatable bonds is 3. The first kappa shape index (κ1) is 17.3. The molecule has 1 heterocycles. The van der Waals surface area contributed by atoms with Crippen molar-refractivity contribution in [2.45, 2.75) is 9.79 Å².